The minimum absolute atomic E-state index is 0.0138. The second-order valence-corrected chi connectivity index (χ2v) is 25.6. The maximum atomic E-state index is 14.7. The zero-order valence-electron chi connectivity index (χ0n) is 52.1. The van der Waals surface area contributed by atoms with Crippen LogP contribution in [0, 0.1) is 18.8 Å². The lowest BCUT2D eigenvalue weighted by Gasteiger charge is -2.35. The lowest BCUT2D eigenvalue weighted by atomic mass is 9.86. The number of likely N-dealkylation sites (tertiary alicyclic amines) is 1. The number of rotatable bonds is 21. The predicted octanol–water partition coefficient (Wildman–Crippen LogP) is 9.35. The minimum atomic E-state index is -4.85. The molecule has 0 spiro atoms. The molecule has 7 aromatic rings. The van der Waals surface area contributed by atoms with Crippen LogP contribution < -0.4 is 30.5 Å². The third-order valence-corrected chi connectivity index (χ3v) is 17.3. The number of Topliss-reactive ketones (excluding diaryl/α,β-unsaturated/α-hetero) is 1. The number of hydrogen-bond donors (Lipinski definition) is 3. The number of imidazole rings is 1. The number of aromatic nitrogens is 5. The van der Waals surface area contributed by atoms with E-state index in [4.69, 9.17) is 30.5 Å². The Labute approximate surface area is 538 Å². The first-order chi connectivity index (χ1) is 43.7. The standard InChI is InChI=1S/C66H72ClF3N10O11S/c1-9-78-33-49(59(75-78)66(68,69)70)47-24-40(30-77-21-20-76(8)63(77)74-64(87)91-65(5,6)7)25-48-56(83)44(34-90-57(47)48)23-39-15-18-50(67)53(26-39)89-35-54(82)71-19-12-22-88-52-27-41(58-38(4)73-36-92-58)16-17-42(52)29-72-60(84)51-28-45(81)32-79(51)62(86)55(37(2)3)80-31-43-13-10-11-14-46(43)61(80)85/h10-11,13-18,20-21,24-27,33,36-37,44-45,51,55,81H,9,12,19,22-23,28-32,34-35H2,1-8H3,(H,71,82)(H,72,84)/t44?,45-,51+,55+/m1/s1. The Morgan fingerprint density at radius 2 is 1.71 bits per heavy atom. The van der Waals surface area contributed by atoms with Crippen molar-refractivity contribution in [2.24, 2.45) is 23.9 Å². The molecule has 0 radical (unpaired) electrons. The summed E-state index contributed by atoms with van der Waals surface area (Å²) in [6, 6.07) is 18.9. The van der Waals surface area contributed by atoms with Gasteiger partial charge in [-0.1, -0.05) is 61.8 Å². The Morgan fingerprint density at radius 3 is 2.42 bits per heavy atom. The van der Waals surface area contributed by atoms with Gasteiger partial charge in [0.2, 0.25) is 17.4 Å². The molecule has 3 aliphatic heterocycles. The van der Waals surface area contributed by atoms with Gasteiger partial charge in [-0.05, 0) is 112 Å². The summed E-state index contributed by atoms with van der Waals surface area (Å²) in [7, 11) is 1.67. The average Bonchev–Trinajstić information content (AvgIpc) is 1.34. The molecular weight excluding hydrogens is 1230 g/mol. The van der Waals surface area contributed by atoms with E-state index in [-0.39, 0.29) is 116 Å². The summed E-state index contributed by atoms with van der Waals surface area (Å²) in [6.07, 6.45) is -1.59. The number of carbonyl (C=O) groups is 6. The zero-order chi connectivity index (χ0) is 65.9. The van der Waals surface area contributed by atoms with Crippen molar-refractivity contribution in [1.29, 1.82) is 0 Å². The van der Waals surface area contributed by atoms with Crippen molar-refractivity contribution in [2.75, 3.05) is 32.9 Å². The number of alkyl halides is 3. The van der Waals surface area contributed by atoms with Crippen molar-refractivity contribution in [3.05, 3.63) is 152 Å². The first-order valence-corrected chi connectivity index (χ1v) is 31.5. The second kappa shape index (κ2) is 27.6. The first kappa shape index (κ1) is 66.1. The molecule has 1 fully saturated rings. The monoisotopic (exact) mass is 1300 g/mol. The molecule has 26 heteroatoms. The van der Waals surface area contributed by atoms with Crippen LogP contribution in [-0.2, 0) is 64.9 Å². The number of aliphatic hydroxyl groups excluding tert-OH is 1. The Morgan fingerprint density at radius 1 is 0.935 bits per heavy atom. The zero-order valence-corrected chi connectivity index (χ0v) is 53.7. The number of amides is 5. The van der Waals surface area contributed by atoms with Crippen LogP contribution in [0.4, 0.5) is 18.0 Å². The van der Waals surface area contributed by atoms with E-state index in [2.05, 4.69) is 25.7 Å². The van der Waals surface area contributed by atoms with Gasteiger partial charge < -0.3 is 53.6 Å². The number of benzene rings is 4. The van der Waals surface area contributed by atoms with Crippen LogP contribution >= 0.6 is 22.9 Å². The van der Waals surface area contributed by atoms with Crippen LogP contribution in [0.5, 0.6) is 17.2 Å². The summed E-state index contributed by atoms with van der Waals surface area (Å²) in [5.74, 6) is -2.48. The molecule has 0 bridgehead atoms. The van der Waals surface area contributed by atoms with Gasteiger partial charge in [-0.15, -0.1) is 16.3 Å². The number of carbonyl (C=O) groups excluding carboxylic acids is 6. The van der Waals surface area contributed by atoms with Crippen LogP contribution in [0.15, 0.2) is 102 Å². The quantitative estimate of drug-likeness (QED) is 0.0569. The summed E-state index contributed by atoms with van der Waals surface area (Å²) < 4.78 is 72.2. The lowest BCUT2D eigenvalue weighted by Crippen LogP contribution is -2.55. The van der Waals surface area contributed by atoms with Gasteiger partial charge >= 0.3 is 12.3 Å². The Bertz CT molecular complexity index is 4040. The summed E-state index contributed by atoms with van der Waals surface area (Å²) in [6.45, 7) is 12.5. The normalized spacial score (nSPS) is 17.0. The molecule has 3 aliphatic rings. The van der Waals surface area contributed by atoms with E-state index in [9.17, 15) is 47.0 Å². The number of aliphatic hydroxyl groups is 1. The molecule has 0 saturated carbocycles. The van der Waals surface area contributed by atoms with E-state index in [0.717, 1.165) is 21.7 Å². The number of nitrogens with zero attached hydrogens (tertiary/aromatic N) is 8. The van der Waals surface area contributed by atoms with E-state index in [1.807, 2.05) is 51.1 Å². The van der Waals surface area contributed by atoms with Gasteiger partial charge in [-0.2, -0.15) is 18.3 Å². The summed E-state index contributed by atoms with van der Waals surface area (Å²) in [4.78, 5) is 95.1. The van der Waals surface area contributed by atoms with Crippen molar-refractivity contribution in [1.82, 2.24) is 44.3 Å². The Hall–Kier alpha value is -8.81. The van der Waals surface area contributed by atoms with Gasteiger partial charge in [0.25, 0.3) is 11.8 Å². The van der Waals surface area contributed by atoms with Crippen molar-refractivity contribution in [3.8, 4) is 38.8 Å². The fraction of sp³-hybridized carbons (Fsp3) is 0.409. The molecule has 4 aromatic carbocycles. The van der Waals surface area contributed by atoms with Gasteiger partial charge in [0, 0.05) is 87.0 Å². The number of aryl methyl sites for hydroxylation is 3. The van der Waals surface area contributed by atoms with Crippen LogP contribution in [0.2, 0.25) is 5.02 Å². The first-order valence-electron chi connectivity index (χ1n) is 30.2. The summed E-state index contributed by atoms with van der Waals surface area (Å²) >= 11 is 8.04. The van der Waals surface area contributed by atoms with Gasteiger partial charge in [-0.3, -0.25) is 28.7 Å². The van der Waals surface area contributed by atoms with Gasteiger partial charge in [0.15, 0.2) is 18.1 Å². The predicted molar refractivity (Wildman–Crippen MR) is 335 cm³/mol. The summed E-state index contributed by atoms with van der Waals surface area (Å²) in [5, 5.41) is 20.7. The molecule has 5 amide bonds. The molecule has 3 N–H and O–H groups in total. The number of β-amino-alcohol motifs (C(OH)–C–C–N with tert-alkyl or cyclic N) is 1. The molecule has 3 aromatic heterocycles. The number of fused-ring (bicyclic) bond motifs is 2. The molecule has 0 aliphatic carbocycles. The van der Waals surface area contributed by atoms with E-state index < -0.39 is 77.8 Å². The molecule has 6 heterocycles. The van der Waals surface area contributed by atoms with Gasteiger partial charge in [0.05, 0.1) is 58.4 Å². The fourth-order valence-electron chi connectivity index (χ4n) is 11.6. The van der Waals surface area contributed by atoms with Crippen LogP contribution in [0.1, 0.15) is 109 Å². The molecule has 92 heavy (non-hydrogen) atoms. The molecule has 4 atom stereocenters. The van der Waals surface area contributed by atoms with Gasteiger partial charge in [0.1, 0.15) is 34.9 Å². The highest BCUT2D eigenvalue weighted by Gasteiger charge is 2.46. The van der Waals surface area contributed by atoms with Crippen LogP contribution in [0.3, 0.4) is 0 Å². The molecule has 21 nitrogen and oxygen atoms in total. The topological polar surface area (TPSA) is 243 Å². The van der Waals surface area contributed by atoms with Crippen LogP contribution in [-0.4, -0.2) is 131 Å². The molecule has 1 saturated heterocycles. The maximum Gasteiger partial charge on any atom is 0.437 e. The molecule has 486 valence electrons. The fourth-order valence-corrected chi connectivity index (χ4v) is 12.6. The van der Waals surface area contributed by atoms with E-state index in [1.165, 1.54) is 33.2 Å². The van der Waals surface area contributed by atoms with Crippen molar-refractivity contribution < 1.29 is 66.0 Å². The van der Waals surface area contributed by atoms with E-state index >= 15 is 0 Å². The number of nitrogens with one attached hydrogen (secondary N) is 2. The summed E-state index contributed by atoms with van der Waals surface area (Å²) in [5.41, 5.74) is 4.41. The van der Waals surface area contributed by atoms with Crippen molar-refractivity contribution in [3.63, 3.8) is 0 Å². The number of thiazole rings is 1. The van der Waals surface area contributed by atoms with Crippen molar-refractivity contribution in [2.45, 2.75) is 124 Å². The highest BCUT2D eigenvalue weighted by atomic mass is 35.5. The third-order valence-electron chi connectivity index (χ3n) is 16.0. The number of ether oxygens (including phenoxy) is 4. The maximum absolute atomic E-state index is 14.7. The third kappa shape index (κ3) is 14.9. The molecular formula is C66H72ClF3N10O11S. The largest absolute Gasteiger partial charge is 0.493 e. The lowest BCUT2D eigenvalue weighted by molar-refractivity contribution is -0.143. The Balaban J connectivity index is 0.768. The number of halogens is 4. The van der Waals surface area contributed by atoms with Crippen molar-refractivity contribution >= 4 is 58.4 Å². The SMILES string of the molecule is CCn1cc(-c2cc(Cn3ccn(C)c3=NC(=O)OC(C)(C)C)cc3c2OCC(Cc2ccc(Cl)c(OCC(=O)NCCCOc4cc(-c5scnc5C)ccc4CNC(=O)[C@@H]4C[C@@H](O)CN4C(=O)[C@H](C(C)C)N4Cc5ccccc5C4=O)c2)C3=O)c(C(F)(F)F)n1. The molecule has 10 rings (SSSR count). The highest BCUT2D eigenvalue weighted by Crippen LogP contribution is 2.45. The van der Waals surface area contributed by atoms with Crippen LogP contribution in [0.25, 0.3) is 21.6 Å². The second-order valence-electron chi connectivity index (χ2n) is 24.4. The minimum Gasteiger partial charge on any atom is -0.493 e. The number of ketones is 1. The van der Waals surface area contributed by atoms with E-state index in [0.29, 0.717) is 34.4 Å². The Kier molecular flexibility index (Phi) is 19.8. The number of hydrogen-bond acceptors (Lipinski definition) is 14. The molecule has 1 unspecified atom stereocenters. The van der Waals surface area contributed by atoms with E-state index in [1.54, 1.807) is 103 Å². The average molecular weight is 1310 g/mol. The highest BCUT2D eigenvalue weighted by molar-refractivity contribution is 7.13. The smallest absolute Gasteiger partial charge is 0.437 e. The van der Waals surface area contributed by atoms with Gasteiger partial charge in [-0.25, -0.2) is 9.78 Å².